The number of hydrogen-bond acceptors (Lipinski definition) is 4. The normalized spacial score (nSPS) is 11.4. The van der Waals surface area contributed by atoms with Crippen molar-refractivity contribution in [2.24, 2.45) is 10.9 Å². The minimum Gasteiger partial charge on any atom is -0.489 e. The standard InChI is InChI=1S/C14H14BrN3O2/c1-9-6-11(15)2-3-13(9)20-8-10-4-5-17-12(7-10)14(16)18-19/h2-7,19H,8H2,1H3,(H2,16,18). The lowest BCUT2D eigenvalue weighted by Crippen LogP contribution is -2.15. The van der Waals surface area contributed by atoms with E-state index >= 15 is 0 Å². The molecule has 0 bridgehead atoms. The lowest BCUT2D eigenvalue weighted by atomic mass is 10.2. The Labute approximate surface area is 125 Å². The highest BCUT2D eigenvalue weighted by molar-refractivity contribution is 9.10. The number of halogens is 1. The second-order valence-corrected chi connectivity index (χ2v) is 5.15. The minimum absolute atomic E-state index is 0.0216. The first-order valence-electron chi connectivity index (χ1n) is 5.92. The number of amidine groups is 1. The first-order valence-corrected chi connectivity index (χ1v) is 6.71. The van der Waals surface area contributed by atoms with Crippen LogP contribution in [0.15, 0.2) is 46.2 Å². The molecule has 2 aromatic rings. The molecule has 20 heavy (non-hydrogen) atoms. The maximum absolute atomic E-state index is 8.64. The molecular weight excluding hydrogens is 322 g/mol. The van der Waals surface area contributed by atoms with Crippen LogP contribution < -0.4 is 10.5 Å². The van der Waals surface area contributed by atoms with E-state index in [4.69, 9.17) is 15.7 Å². The molecule has 0 unspecified atom stereocenters. The maximum atomic E-state index is 8.64. The van der Waals surface area contributed by atoms with Crippen LogP contribution in [0.25, 0.3) is 0 Å². The fraction of sp³-hybridized carbons (Fsp3) is 0.143. The second-order valence-electron chi connectivity index (χ2n) is 4.23. The quantitative estimate of drug-likeness (QED) is 0.389. The number of hydrogen-bond donors (Lipinski definition) is 2. The number of pyridine rings is 1. The van der Waals surface area contributed by atoms with Gasteiger partial charge in [0.05, 0.1) is 0 Å². The molecule has 0 aliphatic rings. The van der Waals surface area contributed by atoms with Crippen molar-refractivity contribution in [2.75, 3.05) is 0 Å². The molecule has 1 aromatic heterocycles. The molecule has 6 heteroatoms. The summed E-state index contributed by atoms with van der Waals surface area (Å²) in [5, 5.41) is 11.6. The fourth-order valence-electron chi connectivity index (χ4n) is 1.69. The molecule has 3 N–H and O–H groups in total. The van der Waals surface area contributed by atoms with Crippen molar-refractivity contribution in [1.82, 2.24) is 4.98 Å². The van der Waals surface area contributed by atoms with Gasteiger partial charge in [0, 0.05) is 10.7 Å². The molecule has 0 spiro atoms. The van der Waals surface area contributed by atoms with Crippen LogP contribution in [0.5, 0.6) is 5.75 Å². The zero-order valence-electron chi connectivity index (χ0n) is 10.9. The number of aryl methyl sites for hydroxylation is 1. The van der Waals surface area contributed by atoms with E-state index in [1.54, 1.807) is 12.3 Å². The summed E-state index contributed by atoms with van der Waals surface area (Å²) >= 11 is 3.41. The predicted octanol–water partition coefficient (Wildman–Crippen LogP) is 2.83. The maximum Gasteiger partial charge on any atom is 0.188 e. The Morgan fingerprint density at radius 1 is 1.40 bits per heavy atom. The van der Waals surface area contributed by atoms with E-state index in [1.165, 1.54) is 0 Å². The van der Waals surface area contributed by atoms with E-state index in [-0.39, 0.29) is 5.84 Å². The highest BCUT2D eigenvalue weighted by Crippen LogP contribution is 2.23. The number of ether oxygens (including phenoxy) is 1. The number of benzene rings is 1. The first-order chi connectivity index (χ1) is 9.60. The van der Waals surface area contributed by atoms with Gasteiger partial charge in [-0.1, -0.05) is 21.1 Å². The smallest absolute Gasteiger partial charge is 0.188 e. The average Bonchev–Trinajstić information content (AvgIpc) is 2.46. The zero-order valence-corrected chi connectivity index (χ0v) is 12.5. The molecule has 0 atom stereocenters. The fourth-order valence-corrected chi connectivity index (χ4v) is 2.17. The van der Waals surface area contributed by atoms with Crippen LogP contribution in [-0.2, 0) is 6.61 Å². The predicted molar refractivity (Wildman–Crippen MR) is 80.0 cm³/mol. The van der Waals surface area contributed by atoms with Gasteiger partial charge in [-0.3, -0.25) is 4.98 Å². The minimum atomic E-state index is -0.0216. The van der Waals surface area contributed by atoms with Crippen molar-refractivity contribution in [2.45, 2.75) is 13.5 Å². The summed E-state index contributed by atoms with van der Waals surface area (Å²) in [5.74, 6) is 0.794. The van der Waals surface area contributed by atoms with E-state index in [1.807, 2.05) is 31.2 Å². The monoisotopic (exact) mass is 335 g/mol. The van der Waals surface area contributed by atoms with Gasteiger partial charge in [-0.05, 0) is 48.4 Å². The summed E-state index contributed by atoms with van der Waals surface area (Å²) in [4.78, 5) is 4.02. The molecule has 2 rings (SSSR count). The van der Waals surface area contributed by atoms with Gasteiger partial charge in [0.2, 0.25) is 0 Å². The average molecular weight is 336 g/mol. The molecule has 0 fully saturated rings. The van der Waals surface area contributed by atoms with Crippen LogP contribution in [0.2, 0.25) is 0 Å². The number of aromatic nitrogens is 1. The van der Waals surface area contributed by atoms with Crippen LogP contribution in [0.4, 0.5) is 0 Å². The van der Waals surface area contributed by atoms with E-state index in [0.29, 0.717) is 12.3 Å². The van der Waals surface area contributed by atoms with Gasteiger partial charge in [0.1, 0.15) is 18.1 Å². The van der Waals surface area contributed by atoms with E-state index in [0.717, 1.165) is 21.3 Å². The SMILES string of the molecule is Cc1cc(Br)ccc1OCc1ccnc(C(N)=NO)c1. The molecule has 104 valence electrons. The number of rotatable bonds is 4. The van der Waals surface area contributed by atoms with Crippen molar-refractivity contribution in [3.63, 3.8) is 0 Å². The van der Waals surface area contributed by atoms with Gasteiger partial charge in [0.15, 0.2) is 5.84 Å². The van der Waals surface area contributed by atoms with Crippen molar-refractivity contribution in [3.05, 3.63) is 57.8 Å². The summed E-state index contributed by atoms with van der Waals surface area (Å²) in [5.41, 5.74) is 7.86. The van der Waals surface area contributed by atoms with Crippen molar-refractivity contribution in [3.8, 4) is 5.75 Å². The van der Waals surface area contributed by atoms with Crippen LogP contribution in [-0.4, -0.2) is 16.0 Å². The summed E-state index contributed by atoms with van der Waals surface area (Å²) in [6.45, 7) is 2.37. The molecule has 0 aliphatic carbocycles. The Balaban J connectivity index is 2.11. The summed E-state index contributed by atoms with van der Waals surface area (Å²) in [6, 6.07) is 9.37. The van der Waals surface area contributed by atoms with E-state index in [2.05, 4.69) is 26.1 Å². The lowest BCUT2D eigenvalue weighted by Gasteiger charge is -2.10. The van der Waals surface area contributed by atoms with Gasteiger partial charge in [0.25, 0.3) is 0 Å². The summed E-state index contributed by atoms with van der Waals surface area (Å²) in [7, 11) is 0. The Morgan fingerprint density at radius 3 is 2.90 bits per heavy atom. The van der Waals surface area contributed by atoms with Crippen LogP contribution in [0.3, 0.4) is 0 Å². The zero-order chi connectivity index (χ0) is 14.5. The highest BCUT2D eigenvalue weighted by atomic mass is 79.9. The topological polar surface area (TPSA) is 80.7 Å². The first kappa shape index (κ1) is 14.3. The summed E-state index contributed by atoms with van der Waals surface area (Å²) in [6.07, 6.45) is 1.60. The molecule has 0 radical (unpaired) electrons. The highest BCUT2D eigenvalue weighted by Gasteiger charge is 2.04. The van der Waals surface area contributed by atoms with Crippen molar-refractivity contribution >= 4 is 21.8 Å². The Hall–Kier alpha value is -2.08. The number of nitrogens with zero attached hydrogens (tertiary/aromatic N) is 2. The Morgan fingerprint density at radius 2 is 2.20 bits per heavy atom. The molecule has 0 aliphatic heterocycles. The third-order valence-electron chi connectivity index (χ3n) is 2.73. The summed E-state index contributed by atoms with van der Waals surface area (Å²) < 4.78 is 6.77. The Bertz CT molecular complexity index is 644. The van der Waals surface area contributed by atoms with Gasteiger partial charge in [-0.15, -0.1) is 0 Å². The Kier molecular flexibility index (Phi) is 4.57. The molecule has 0 saturated heterocycles. The number of oxime groups is 1. The molecule has 1 heterocycles. The van der Waals surface area contributed by atoms with Crippen LogP contribution in [0.1, 0.15) is 16.8 Å². The van der Waals surface area contributed by atoms with Gasteiger partial charge in [-0.2, -0.15) is 0 Å². The van der Waals surface area contributed by atoms with Gasteiger partial charge in [-0.25, -0.2) is 0 Å². The third kappa shape index (κ3) is 3.48. The van der Waals surface area contributed by atoms with Crippen LogP contribution in [0, 0.1) is 6.92 Å². The second kappa shape index (κ2) is 6.38. The van der Waals surface area contributed by atoms with Crippen molar-refractivity contribution in [1.29, 1.82) is 0 Å². The van der Waals surface area contributed by atoms with E-state index < -0.39 is 0 Å². The van der Waals surface area contributed by atoms with E-state index in [9.17, 15) is 0 Å². The molecule has 1 aromatic carbocycles. The number of nitrogens with two attached hydrogens (primary N) is 1. The molecule has 0 amide bonds. The van der Waals surface area contributed by atoms with Gasteiger partial charge < -0.3 is 15.7 Å². The molecule has 5 nitrogen and oxygen atoms in total. The van der Waals surface area contributed by atoms with Crippen molar-refractivity contribution < 1.29 is 9.94 Å². The third-order valence-corrected chi connectivity index (χ3v) is 3.22. The molecular formula is C14H14BrN3O2. The lowest BCUT2D eigenvalue weighted by molar-refractivity contribution is 0.304. The molecule has 0 saturated carbocycles. The largest absolute Gasteiger partial charge is 0.489 e. The van der Waals surface area contributed by atoms with Gasteiger partial charge >= 0.3 is 0 Å². The van der Waals surface area contributed by atoms with Crippen LogP contribution >= 0.6 is 15.9 Å².